The lowest BCUT2D eigenvalue weighted by Gasteiger charge is -2.18. The topological polar surface area (TPSA) is 21.3 Å². The maximum absolute atomic E-state index is 5.36. The molecule has 0 bridgehead atoms. The van der Waals surface area contributed by atoms with Crippen LogP contribution in [0, 0.1) is 12.8 Å². The summed E-state index contributed by atoms with van der Waals surface area (Å²) in [6, 6.07) is 17.8. The van der Waals surface area contributed by atoms with Gasteiger partial charge in [-0.15, -0.1) is 0 Å². The molecule has 0 aliphatic heterocycles. The first-order valence-electron chi connectivity index (χ1n) is 7.61. The third-order valence-electron chi connectivity index (χ3n) is 4.58. The molecule has 0 spiro atoms. The first kappa shape index (κ1) is 14.2. The maximum atomic E-state index is 5.36. The van der Waals surface area contributed by atoms with Gasteiger partial charge in [0.05, 0.1) is 7.11 Å². The Morgan fingerprint density at radius 1 is 1.14 bits per heavy atom. The van der Waals surface area contributed by atoms with Crippen LogP contribution in [0.5, 0.6) is 5.75 Å². The molecule has 2 heteroatoms. The fourth-order valence-corrected chi connectivity index (χ4v) is 3.39. The molecule has 1 fully saturated rings. The molecule has 0 radical (unpaired) electrons. The van der Waals surface area contributed by atoms with E-state index in [0.717, 1.165) is 5.75 Å². The smallest absolute Gasteiger partial charge is 0.121 e. The Balaban J connectivity index is 1.79. The number of nitrogens with one attached hydrogen (secondary N) is 1. The van der Waals surface area contributed by atoms with Crippen LogP contribution < -0.4 is 10.1 Å². The first-order chi connectivity index (χ1) is 10.2. The van der Waals surface area contributed by atoms with Crippen molar-refractivity contribution in [2.45, 2.75) is 25.3 Å². The second-order valence-electron chi connectivity index (χ2n) is 5.91. The summed E-state index contributed by atoms with van der Waals surface area (Å²) in [6.07, 6.45) is 1.26. The molecule has 0 saturated heterocycles. The number of aryl methyl sites for hydroxylation is 1. The normalized spacial score (nSPS) is 21.9. The monoisotopic (exact) mass is 281 g/mol. The molecule has 2 nitrogen and oxygen atoms in total. The van der Waals surface area contributed by atoms with Gasteiger partial charge in [-0.25, -0.2) is 0 Å². The minimum atomic E-state index is 0.416. The van der Waals surface area contributed by atoms with E-state index in [1.165, 1.54) is 23.1 Å². The quantitative estimate of drug-likeness (QED) is 0.892. The van der Waals surface area contributed by atoms with Crippen LogP contribution in [-0.2, 0) is 0 Å². The second-order valence-corrected chi connectivity index (χ2v) is 5.91. The van der Waals surface area contributed by atoms with E-state index in [0.29, 0.717) is 17.9 Å². The number of hydrogen-bond donors (Lipinski definition) is 1. The van der Waals surface area contributed by atoms with Crippen molar-refractivity contribution in [2.75, 3.05) is 14.2 Å². The predicted octanol–water partition coefficient (Wildman–Crippen LogP) is 4.07. The molecular weight excluding hydrogens is 258 g/mol. The zero-order valence-electron chi connectivity index (χ0n) is 13.0. The third-order valence-corrected chi connectivity index (χ3v) is 4.58. The van der Waals surface area contributed by atoms with Gasteiger partial charge in [-0.1, -0.05) is 42.5 Å². The Morgan fingerprint density at radius 3 is 2.52 bits per heavy atom. The number of hydrogen-bond acceptors (Lipinski definition) is 2. The third kappa shape index (κ3) is 2.81. The second kappa shape index (κ2) is 5.90. The van der Waals surface area contributed by atoms with Crippen LogP contribution in [0.15, 0.2) is 48.5 Å². The number of methoxy groups -OCH3 is 1. The van der Waals surface area contributed by atoms with E-state index in [-0.39, 0.29) is 0 Å². The number of rotatable bonds is 5. The van der Waals surface area contributed by atoms with Crippen LogP contribution in [0.25, 0.3) is 0 Å². The SMILES string of the molecule is CNC(c1ccc(OC)c(C)c1)C1CC1c1ccccc1. The van der Waals surface area contributed by atoms with Gasteiger partial charge < -0.3 is 10.1 Å². The molecule has 0 aromatic heterocycles. The summed E-state index contributed by atoms with van der Waals surface area (Å²) in [4.78, 5) is 0. The number of benzene rings is 2. The molecule has 110 valence electrons. The minimum absolute atomic E-state index is 0.416. The van der Waals surface area contributed by atoms with Gasteiger partial charge >= 0.3 is 0 Å². The van der Waals surface area contributed by atoms with E-state index >= 15 is 0 Å². The van der Waals surface area contributed by atoms with E-state index in [4.69, 9.17) is 4.74 Å². The highest BCUT2D eigenvalue weighted by Gasteiger charge is 2.43. The van der Waals surface area contributed by atoms with Crippen LogP contribution in [0.3, 0.4) is 0 Å². The maximum Gasteiger partial charge on any atom is 0.121 e. The zero-order valence-corrected chi connectivity index (χ0v) is 13.0. The van der Waals surface area contributed by atoms with Gasteiger partial charge in [-0.3, -0.25) is 0 Å². The Kier molecular flexibility index (Phi) is 3.98. The lowest BCUT2D eigenvalue weighted by atomic mass is 9.97. The van der Waals surface area contributed by atoms with Crippen LogP contribution in [0.2, 0.25) is 0 Å². The van der Waals surface area contributed by atoms with Gasteiger partial charge in [-0.05, 0) is 55.0 Å². The molecule has 2 aromatic carbocycles. The van der Waals surface area contributed by atoms with Gasteiger partial charge in [0.15, 0.2) is 0 Å². The Hall–Kier alpha value is -1.80. The molecule has 3 atom stereocenters. The van der Waals surface area contributed by atoms with Crippen molar-refractivity contribution in [3.05, 3.63) is 65.2 Å². The van der Waals surface area contributed by atoms with Crippen molar-refractivity contribution >= 4 is 0 Å². The summed E-state index contributed by atoms with van der Waals surface area (Å²) in [7, 11) is 3.79. The lowest BCUT2D eigenvalue weighted by molar-refractivity contribution is 0.411. The van der Waals surface area contributed by atoms with Gasteiger partial charge in [0.1, 0.15) is 5.75 Å². The Morgan fingerprint density at radius 2 is 1.90 bits per heavy atom. The Bertz CT molecular complexity index is 608. The fraction of sp³-hybridized carbons (Fsp3) is 0.368. The van der Waals surface area contributed by atoms with Gasteiger partial charge in [-0.2, -0.15) is 0 Å². The van der Waals surface area contributed by atoms with E-state index in [1.54, 1.807) is 7.11 Å². The summed E-state index contributed by atoms with van der Waals surface area (Å²) < 4.78 is 5.36. The molecule has 21 heavy (non-hydrogen) atoms. The largest absolute Gasteiger partial charge is 0.496 e. The molecular formula is C19H23NO. The molecule has 3 unspecified atom stereocenters. The summed E-state index contributed by atoms with van der Waals surface area (Å²) in [5.41, 5.74) is 4.03. The van der Waals surface area contributed by atoms with Crippen molar-refractivity contribution in [2.24, 2.45) is 5.92 Å². The highest BCUT2D eigenvalue weighted by Crippen LogP contribution is 2.54. The van der Waals surface area contributed by atoms with E-state index in [1.807, 2.05) is 0 Å². The summed E-state index contributed by atoms with van der Waals surface area (Å²) in [5, 5.41) is 3.50. The molecule has 1 aliphatic carbocycles. The highest BCUT2D eigenvalue weighted by atomic mass is 16.5. The zero-order chi connectivity index (χ0) is 14.8. The van der Waals surface area contributed by atoms with Crippen LogP contribution in [0.1, 0.15) is 35.1 Å². The minimum Gasteiger partial charge on any atom is -0.496 e. The number of ether oxygens (including phenoxy) is 1. The molecule has 3 rings (SSSR count). The summed E-state index contributed by atoms with van der Waals surface area (Å²) >= 11 is 0. The van der Waals surface area contributed by atoms with E-state index in [2.05, 4.69) is 67.8 Å². The molecule has 0 heterocycles. The Labute approximate surface area is 127 Å². The lowest BCUT2D eigenvalue weighted by Crippen LogP contribution is -2.19. The van der Waals surface area contributed by atoms with Crippen LogP contribution >= 0.6 is 0 Å². The van der Waals surface area contributed by atoms with Gasteiger partial charge in [0.2, 0.25) is 0 Å². The molecule has 1 N–H and O–H groups in total. The summed E-state index contributed by atoms with van der Waals surface area (Å²) in [5.74, 6) is 2.33. The molecule has 2 aromatic rings. The average molecular weight is 281 g/mol. The van der Waals surface area contributed by atoms with Crippen LogP contribution in [0.4, 0.5) is 0 Å². The average Bonchev–Trinajstić information content (AvgIpc) is 3.30. The molecule has 1 saturated carbocycles. The van der Waals surface area contributed by atoms with Crippen molar-refractivity contribution in [3.8, 4) is 5.75 Å². The highest BCUT2D eigenvalue weighted by molar-refractivity contribution is 5.39. The molecule has 0 amide bonds. The molecule has 1 aliphatic rings. The van der Waals surface area contributed by atoms with Crippen molar-refractivity contribution < 1.29 is 4.74 Å². The van der Waals surface area contributed by atoms with Crippen molar-refractivity contribution in [1.29, 1.82) is 0 Å². The van der Waals surface area contributed by atoms with Crippen molar-refractivity contribution in [1.82, 2.24) is 5.32 Å². The predicted molar refractivity (Wildman–Crippen MR) is 86.8 cm³/mol. The van der Waals surface area contributed by atoms with Gasteiger partial charge in [0, 0.05) is 6.04 Å². The van der Waals surface area contributed by atoms with Crippen LogP contribution in [-0.4, -0.2) is 14.2 Å². The van der Waals surface area contributed by atoms with E-state index in [9.17, 15) is 0 Å². The first-order valence-corrected chi connectivity index (χ1v) is 7.61. The standard InChI is InChI=1S/C19H23NO/c1-13-11-15(9-10-18(13)21-3)19(20-2)17-12-16(17)14-7-5-4-6-8-14/h4-11,16-17,19-20H,12H2,1-3H3. The summed E-state index contributed by atoms with van der Waals surface area (Å²) in [6.45, 7) is 2.11. The van der Waals surface area contributed by atoms with Crippen molar-refractivity contribution in [3.63, 3.8) is 0 Å². The fourth-order valence-electron chi connectivity index (χ4n) is 3.39. The van der Waals surface area contributed by atoms with E-state index < -0.39 is 0 Å². The van der Waals surface area contributed by atoms with Gasteiger partial charge in [0.25, 0.3) is 0 Å².